The average Bonchev–Trinajstić information content (AvgIpc) is 3.62. The van der Waals surface area contributed by atoms with Gasteiger partial charge in [-0.2, -0.15) is 0 Å². The molecule has 0 aliphatic carbocycles. The van der Waals surface area contributed by atoms with Crippen molar-refractivity contribution < 1.29 is 13.9 Å². The van der Waals surface area contributed by atoms with Crippen LogP contribution in [0.15, 0.2) is 136 Å². The van der Waals surface area contributed by atoms with Crippen molar-refractivity contribution in [1.82, 2.24) is 9.13 Å². The molecule has 238 valence electrons. The van der Waals surface area contributed by atoms with Crippen molar-refractivity contribution >= 4 is 23.4 Å². The van der Waals surface area contributed by atoms with Crippen LogP contribution in [0.4, 0.5) is 4.39 Å². The lowest BCUT2D eigenvalue weighted by Crippen LogP contribution is -2.39. The molecule has 1 aliphatic heterocycles. The molecule has 0 bridgehead atoms. The van der Waals surface area contributed by atoms with Gasteiger partial charge in [0.2, 0.25) is 0 Å². The van der Waals surface area contributed by atoms with Gasteiger partial charge in [-0.15, -0.1) is 0 Å². The highest BCUT2D eigenvalue weighted by Gasteiger charge is 2.33. The van der Waals surface area contributed by atoms with E-state index in [2.05, 4.69) is 66.1 Å². The lowest BCUT2D eigenvalue weighted by Gasteiger charge is -2.24. The van der Waals surface area contributed by atoms with Crippen LogP contribution >= 0.6 is 11.3 Å². The molecule has 8 heteroatoms. The molecule has 6 nitrogen and oxygen atoms in total. The van der Waals surface area contributed by atoms with Gasteiger partial charge in [0.05, 0.1) is 39.8 Å². The van der Waals surface area contributed by atoms with Gasteiger partial charge in [-0.05, 0) is 73.9 Å². The Kier molecular flexibility index (Phi) is 8.33. The zero-order valence-corrected chi connectivity index (χ0v) is 27.5. The van der Waals surface area contributed by atoms with Crippen LogP contribution in [0, 0.1) is 12.7 Å². The molecule has 0 radical (unpaired) electrons. The highest BCUT2D eigenvalue weighted by molar-refractivity contribution is 7.07. The van der Waals surface area contributed by atoms with Gasteiger partial charge < -0.3 is 9.30 Å². The number of esters is 1. The summed E-state index contributed by atoms with van der Waals surface area (Å²) in [5.74, 6) is -0.971. The summed E-state index contributed by atoms with van der Waals surface area (Å²) in [7, 11) is 0. The number of nitrogens with zero attached hydrogens (tertiary/aromatic N) is 3. The number of fused-ring (bicyclic) bond motifs is 1. The second-order valence-corrected chi connectivity index (χ2v) is 12.6. The fourth-order valence-corrected chi connectivity index (χ4v) is 7.25. The monoisotopic (exact) mass is 653 g/mol. The molecule has 1 atom stereocenters. The second kappa shape index (κ2) is 12.9. The molecule has 2 aromatic heterocycles. The third-order valence-corrected chi connectivity index (χ3v) is 9.41. The summed E-state index contributed by atoms with van der Waals surface area (Å²) in [6, 6.07) is 35.8. The molecule has 7 rings (SSSR count). The van der Waals surface area contributed by atoms with E-state index in [1.807, 2.05) is 42.5 Å². The quantitative estimate of drug-likeness (QED) is 0.169. The maximum absolute atomic E-state index is 14.4. The molecular weight excluding hydrogens is 622 g/mol. The number of carbonyl (C=O) groups excluding carboxylic acids is 1. The molecule has 0 fully saturated rings. The molecule has 0 unspecified atom stereocenters. The molecule has 0 saturated carbocycles. The number of aryl methyl sites for hydroxylation is 1. The van der Waals surface area contributed by atoms with E-state index < -0.39 is 17.8 Å². The van der Waals surface area contributed by atoms with E-state index >= 15 is 0 Å². The van der Waals surface area contributed by atoms with Crippen LogP contribution < -0.4 is 14.9 Å². The van der Waals surface area contributed by atoms with E-state index in [4.69, 9.17) is 9.73 Å². The van der Waals surface area contributed by atoms with Crippen molar-refractivity contribution in [3.63, 3.8) is 0 Å². The van der Waals surface area contributed by atoms with Gasteiger partial charge >= 0.3 is 5.97 Å². The Labute approximate surface area is 281 Å². The first kappa shape index (κ1) is 31.0. The van der Waals surface area contributed by atoms with Gasteiger partial charge in [-0.3, -0.25) is 9.36 Å². The van der Waals surface area contributed by atoms with E-state index in [0.717, 1.165) is 39.3 Å². The Bertz CT molecular complexity index is 2350. The van der Waals surface area contributed by atoms with Crippen LogP contribution in [0.1, 0.15) is 36.6 Å². The van der Waals surface area contributed by atoms with Gasteiger partial charge in [0.25, 0.3) is 5.56 Å². The molecule has 0 N–H and O–H groups in total. The Morgan fingerprint density at radius 1 is 0.896 bits per heavy atom. The molecule has 0 spiro atoms. The van der Waals surface area contributed by atoms with E-state index in [1.54, 1.807) is 26.0 Å². The number of allylic oxidation sites excluding steroid dienone is 1. The van der Waals surface area contributed by atoms with Gasteiger partial charge in [0.1, 0.15) is 5.82 Å². The topological polar surface area (TPSA) is 65.6 Å². The molecule has 1 aliphatic rings. The fourth-order valence-electron chi connectivity index (χ4n) is 6.21. The minimum atomic E-state index is -0.825. The molecule has 4 aromatic carbocycles. The average molecular weight is 654 g/mol. The van der Waals surface area contributed by atoms with E-state index in [1.165, 1.54) is 28.0 Å². The Balaban J connectivity index is 1.51. The summed E-state index contributed by atoms with van der Waals surface area (Å²) in [6.07, 6.45) is 1.91. The number of benzene rings is 4. The number of ether oxygens (including phenoxy) is 1. The lowest BCUT2D eigenvalue weighted by atomic mass is 9.96. The lowest BCUT2D eigenvalue weighted by molar-refractivity contribution is -0.139. The summed E-state index contributed by atoms with van der Waals surface area (Å²) in [5, 5.41) is 0. The molecule has 6 aromatic rings. The van der Waals surface area contributed by atoms with Crippen molar-refractivity contribution in [2.24, 2.45) is 4.99 Å². The first-order valence-corrected chi connectivity index (χ1v) is 16.5. The highest BCUT2D eigenvalue weighted by atomic mass is 32.1. The van der Waals surface area contributed by atoms with Crippen LogP contribution in [0.5, 0.6) is 0 Å². The predicted octanol–water partition coefficient (Wildman–Crippen LogP) is 7.37. The summed E-state index contributed by atoms with van der Waals surface area (Å²) in [4.78, 5) is 32.9. The maximum Gasteiger partial charge on any atom is 0.338 e. The van der Waals surface area contributed by atoms with Gasteiger partial charge in [0, 0.05) is 11.3 Å². The fraction of sp³-hybridized carbons (Fsp3) is 0.125. The number of carbonyl (C=O) groups is 1. The number of thiazole rings is 1. The van der Waals surface area contributed by atoms with Crippen molar-refractivity contribution in [1.29, 1.82) is 0 Å². The first-order valence-electron chi connectivity index (χ1n) is 15.7. The largest absolute Gasteiger partial charge is 0.463 e. The van der Waals surface area contributed by atoms with Gasteiger partial charge in [-0.25, -0.2) is 14.2 Å². The Morgan fingerprint density at radius 3 is 2.19 bits per heavy atom. The number of hydrogen-bond acceptors (Lipinski definition) is 5. The molecule has 0 saturated heterocycles. The van der Waals surface area contributed by atoms with Crippen LogP contribution in [0.25, 0.3) is 34.3 Å². The van der Waals surface area contributed by atoms with Crippen LogP contribution in [0.3, 0.4) is 0 Å². The third kappa shape index (κ3) is 5.65. The van der Waals surface area contributed by atoms with Crippen molar-refractivity contribution in [3.05, 3.63) is 169 Å². The zero-order valence-electron chi connectivity index (χ0n) is 26.7. The number of aromatic nitrogens is 2. The minimum absolute atomic E-state index is 0.167. The smallest absolute Gasteiger partial charge is 0.338 e. The van der Waals surface area contributed by atoms with Crippen molar-refractivity contribution in [3.8, 4) is 28.2 Å². The number of rotatable bonds is 7. The van der Waals surface area contributed by atoms with Crippen molar-refractivity contribution in [2.45, 2.75) is 26.8 Å². The van der Waals surface area contributed by atoms with Gasteiger partial charge in [-0.1, -0.05) is 102 Å². The summed E-state index contributed by atoms with van der Waals surface area (Å²) < 4.78 is 23.6. The number of hydrogen-bond donors (Lipinski definition) is 0. The second-order valence-electron chi connectivity index (χ2n) is 11.6. The Morgan fingerprint density at radius 2 is 1.54 bits per heavy atom. The highest BCUT2D eigenvalue weighted by Crippen LogP contribution is 2.37. The maximum atomic E-state index is 14.4. The Hall–Kier alpha value is -5.60. The first-order chi connectivity index (χ1) is 23.3. The zero-order chi connectivity index (χ0) is 33.4. The molecule has 0 amide bonds. The van der Waals surface area contributed by atoms with E-state index in [-0.39, 0.29) is 17.7 Å². The van der Waals surface area contributed by atoms with Crippen molar-refractivity contribution in [2.75, 3.05) is 6.61 Å². The number of halogens is 1. The van der Waals surface area contributed by atoms with E-state index in [0.29, 0.717) is 20.6 Å². The molecule has 3 heterocycles. The predicted molar refractivity (Wildman–Crippen MR) is 188 cm³/mol. The SMILES string of the molecule is CCOC(=O)C1=C(C)N=c2s/c(=C\c3cc(-c4ccccc4)n(-c4ccc(C)cc4)c3-c3ccccc3)c(=O)n2[C@H]1c1ccc(F)cc1. The van der Waals surface area contributed by atoms with Crippen LogP contribution in [0.2, 0.25) is 0 Å². The van der Waals surface area contributed by atoms with E-state index in [9.17, 15) is 14.0 Å². The summed E-state index contributed by atoms with van der Waals surface area (Å²) >= 11 is 1.26. The van der Waals surface area contributed by atoms with Gasteiger partial charge in [0.15, 0.2) is 4.80 Å². The van der Waals surface area contributed by atoms with Crippen LogP contribution in [-0.4, -0.2) is 21.7 Å². The third-order valence-electron chi connectivity index (χ3n) is 8.43. The minimum Gasteiger partial charge on any atom is -0.463 e. The summed E-state index contributed by atoms with van der Waals surface area (Å²) in [6.45, 7) is 5.70. The molecular formula is C40H32FN3O3S. The normalized spacial score (nSPS) is 14.5. The molecule has 48 heavy (non-hydrogen) atoms. The summed E-state index contributed by atoms with van der Waals surface area (Å²) in [5.41, 5.74) is 7.92. The standard InChI is InChI=1S/C40H32FN3O3S/c1-4-47-39(46)35-26(3)42-40-44(37(35)29-17-19-31(41)20-18-29)38(45)34(48-40)24-30-23-33(27-11-7-5-8-12-27)43(32-21-15-25(2)16-22-32)36(30)28-13-9-6-10-14-28/h5-24,37H,4H2,1-3H3/b34-24-/t37-/m0/s1. The van der Waals surface area contributed by atoms with Crippen LogP contribution in [-0.2, 0) is 9.53 Å².